The fraction of sp³-hybridized carbons (Fsp3) is 0.200. The molecule has 3 nitrogen and oxygen atoms in total. The van der Waals surface area contributed by atoms with Crippen molar-refractivity contribution in [2.24, 2.45) is 0 Å². The van der Waals surface area contributed by atoms with Gasteiger partial charge in [-0.3, -0.25) is 0 Å². The van der Waals surface area contributed by atoms with E-state index in [2.05, 4.69) is 127 Å². The lowest BCUT2D eigenvalue weighted by Crippen LogP contribution is -2.26. The Hall–Kier alpha value is -3.72. The average Bonchev–Trinajstić information content (AvgIpc) is 3.18. The molecule has 0 bridgehead atoms. The zero-order valence-electron chi connectivity index (χ0n) is 19.6. The summed E-state index contributed by atoms with van der Waals surface area (Å²) in [4.78, 5) is 5.08. The lowest BCUT2D eigenvalue weighted by atomic mass is 9.92. The second-order valence-corrected chi connectivity index (χ2v) is 9.03. The SMILES string of the molecule is Cc1cc(C)c(N2CN(/C=C3/C=CC=CN3)[C@H](c3ccccc3)[C@H]2c2ccccc2)c(C)c1. The Morgan fingerprint density at radius 2 is 1.39 bits per heavy atom. The zero-order chi connectivity index (χ0) is 22.8. The highest BCUT2D eigenvalue weighted by Gasteiger charge is 2.41. The Bertz CT molecular complexity index is 1180. The number of anilines is 1. The predicted octanol–water partition coefficient (Wildman–Crippen LogP) is 6.69. The van der Waals surface area contributed by atoms with Crippen LogP contribution in [0.3, 0.4) is 0 Å². The summed E-state index contributed by atoms with van der Waals surface area (Å²) in [5.74, 6) is 0. The number of allylic oxidation sites excluding steroid dienone is 3. The van der Waals surface area contributed by atoms with Crippen molar-refractivity contribution in [1.29, 1.82) is 0 Å². The molecule has 0 aliphatic carbocycles. The first-order valence-electron chi connectivity index (χ1n) is 11.6. The van der Waals surface area contributed by atoms with Gasteiger partial charge >= 0.3 is 0 Å². The predicted molar refractivity (Wildman–Crippen MR) is 138 cm³/mol. The molecular formula is C30H31N3. The van der Waals surface area contributed by atoms with Crippen LogP contribution in [0.4, 0.5) is 5.69 Å². The Balaban J connectivity index is 1.69. The standard InChI is InChI=1S/C30H31N3/c1-22-18-23(2)28(24(3)19-22)33-21-32(20-27-16-10-11-17-31-27)29(25-12-6-4-7-13-25)30(33)26-14-8-5-9-15-26/h4-20,29-31H,21H2,1-3H3/b27-20-/t29-,30-/m1/s1. The summed E-state index contributed by atoms with van der Waals surface area (Å²) < 4.78 is 0. The molecule has 3 aromatic rings. The van der Waals surface area contributed by atoms with Crippen molar-refractivity contribution in [1.82, 2.24) is 10.2 Å². The smallest absolute Gasteiger partial charge is 0.0912 e. The van der Waals surface area contributed by atoms with Crippen LogP contribution in [0.1, 0.15) is 39.9 Å². The molecule has 0 amide bonds. The maximum absolute atomic E-state index is 3.39. The van der Waals surface area contributed by atoms with Crippen molar-refractivity contribution < 1.29 is 0 Å². The normalized spacial score (nSPS) is 21.0. The third-order valence-electron chi connectivity index (χ3n) is 6.55. The van der Waals surface area contributed by atoms with Crippen molar-refractivity contribution in [3.8, 4) is 0 Å². The fourth-order valence-electron chi connectivity index (χ4n) is 5.36. The van der Waals surface area contributed by atoms with Crippen LogP contribution < -0.4 is 10.2 Å². The van der Waals surface area contributed by atoms with Gasteiger partial charge in [-0.25, -0.2) is 0 Å². The topological polar surface area (TPSA) is 18.5 Å². The monoisotopic (exact) mass is 433 g/mol. The van der Waals surface area contributed by atoms with Crippen LogP contribution in [0.2, 0.25) is 0 Å². The number of nitrogens with one attached hydrogen (secondary N) is 1. The van der Waals surface area contributed by atoms with Gasteiger partial charge in [0.2, 0.25) is 0 Å². The van der Waals surface area contributed by atoms with E-state index in [1.54, 1.807) is 0 Å². The maximum Gasteiger partial charge on any atom is 0.0912 e. The zero-order valence-corrected chi connectivity index (χ0v) is 19.6. The van der Waals surface area contributed by atoms with Crippen LogP contribution in [-0.2, 0) is 0 Å². The molecule has 3 aromatic carbocycles. The Labute approximate surface area is 197 Å². The van der Waals surface area contributed by atoms with Gasteiger partial charge in [0.05, 0.1) is 24.4 Å². The minimum Gasteiger partial charge on any atom is -0.361 e. The number of benzene rings is 3. The fourth-order valence-corrected chi connectivity index (χ4v) is 5.36. The molecule has 0 spiro atoms. The highest BCUT2D eigenvalue weighted by atomic mass is 15.4. The van der Waals surface area contributed by atoms with E-state index in [4.69, 9.17) is 0 Å². The molecular weight excluding hydrogens is 402 g/mol. The van der Waals surface area contributed by atoms with E-state index in [9.17, 15) is 0 Å². The third kappa shape index (κ3) is 4.19. The highest BCUT2D eigenvalue weighted by molar-refractivity contribution is 5.63. The van der Waals surface area contributed by atoms with Gasteiger partial charge in [-0.2, -0.15) is 0 Å². The summed E-state index contributed by atoms with van der Waals surface area (Å²) in [6, 6.07) is 26.8. The van der Waals surface area contributed by atoms with E-state index >= 15 is 0 Å². The second kappa shape index (κ2) is 9.03. The van der Waals surface area contributed by atoms with Crippen molar-refractivity contribution in [2.45, 2.75) is 32.9 Å². The van der Waals surface area contributed by atoms with E-state index in [1.165, 1.54) is 33.5 Å². The molecule has 2 aliphatic heterocycles. The van der Waals surface area contributed by atoms with Crippen LogP contribution in [0.15, 0.2) is 109 Å². The first-order chi connectivity index (χ1) is 16.1. The van der Waals surface area contributed by atoms with Gasteiger partial charge in [0.15, 0.2) is 0 Å². The minimum atomic E-state index is 0.183. The van der Waals surface area contributed by atoms with E-state index in [0.717, 1.165) is 12.4 Å². The molecule has 0 saturated carbocycles. The molecule has 0 aromatic heterocycles. The summed E-state index contributed by atoms with van der Waals surface area (Å²) in [5, 5.41) is 3.39. The quantitative estimate of drug-likeness (QED) is 0.495. The Kier molecular flexibility index (Phi) is 5.78. The van der Waals surface area contributed by atoms with Crippen LogP contribution in [0.25, 0.3) is 0 Å². The second-order valence-electron chi connectivity index (χ2n) is 9.03. The number of nitrogens with zero attached hydrogens (tertiary/aromatic N) is 2. The van der Waals surface area contributed by atoms with E-state index in [0.29, 0.717) is 0 Å². The van der Waals surface area contributed by atoms with Gasteiger partial charge in [0.1, 0.15) is 0 Å². The summed E-state index contributed by atoms with van der Waals surface area (Å²) >= 11 is 0. The van der Waals surface area contributed by atoms with Gasteiger partial charge in [0.25, 0.3) is 0 Å². The molecule has 33 heavy (non-hydrogen) atoms. The van der Waals surface area contributed by atoms with E-state index < -0.39 is 0 Å². The molecule has 2 heterocycles. The number of hydrogen-bond donors (Lipinski definition) is 1. The van der Waals surface area contributed by atoms with Crippen molar-refractivity contribution >= 4 is 5.69 Å². The van der Waals surface area contributed by atoms with Crippen LogP contribution in [-0.4, -0.2) is 11.6 Å². The van der Waals surface area contributed by atoms with Gasteiger partial charge in [-0.15, -0.1) is 0 Å². The Morgan fingerprint density at radius 1 is 0.788 bits per heavy atom. The van der Waals surface area contributed by atoms with Crippen LogP contribution in [0.5, 0.6) is 0 Å². The van der Waals surface area contributed by atoms with Gasteiger partial charge < -0.3 is 15.1 Å². The number of hydrogen-bond acceptors (Lipinski definition) is 3. The molecule has 0 unspecified atom stereocenters. The van der Waals surface area contributed by atoms with Crippen LogP contribution >= 0.6 is 0 Å². The molecule has 1 saturated heterocycles. The van der Waals surface area contributed by atoms with Crippen molar-refractivity contribution in [3.05, 3.63) is 137 Å². The van der Waals surface area contributed by atoms with Crippen molar-refractivity contribution in [2.75, 3.05) is 11.6 Å². The molecule has 166 valence electrons. The summed E-state index contributed by atoms with van der Waals surface area (Å²) in [6.07, 6.45) is 10.5. The summed E-state index contributed by atoms with van der Waals surface area (Å²) in [6.45, 7) is 7.48. The summed E-state index contributed by atoms with van der Waals surface area (Å²) in [5.41, 5.74) is 9.06. The Morgan fingerprint density at radius 3 is 1.97 bits per heavy atom. The van der Waals surface area contributed by atoms with Gasteiger partial charge in [-0.05, 0) is 55.2 Å². The molecule has 1 fully saturated rings. The van der Waals surface area contributed by atoms with Gasteiger partial charge in [-0.1, -0.05) is 84.4 Å². The lowest BCUT2D eigenvalue weighted by Gasteiger charge is -2.32. The molecule has 3 heteroatoms. The molecule has 0 radical (unpaired) electrons. The molecule has 1 N–H and O–H groups in total. The lowest BCUT2D eigenvalue weighted by molar-refractivity contribution is 0.339. The van der Waals surface area contributed by atoms with Crippen molar-refractivity contribution in [3.63, 3.8) is 0 Å². The highest BCUT2D eigenvalue weighted by Crippen LogP contribution is 2.48. The minimum absolute atomic E-state index is 0.183. The number of aryl methyl sites for hydroxylation is 3. The molecule has 2 atom stereocenters. The van der Waals surface area contributed by atoms with Gasteiger partial charge in [0, 0.05) is 18.1 Å². The molecule has 5 rings (SSSR count). The first kappa shape index (κ1) is 21.1. The summed E-state index contributed by atoms with van der Waals surface area (Å²) in [7, 11) is 0. The first-order valence-corrected chi connectivity index (χ1v) is 11.6. The molecule has 2 aliphatic rings. The number of rotatable bonds is 4. The average molecular weight is 434 g/mol. The van der Waals surface area contributed by atoms with E-state index in [-0.39, 0.29) is 12.1 Å². The van der Waals surface area contributed by atoms with Crippen LogP contribution in [0, 0.1) is 20.8 Å². The maximum atomic E-state index is 3.39. The van der Waals surface area contributed by atoms with E-state index in [1.807, 2.05) is 12.3 Å². The largest absolute Gasteiger partial charge is 0.361 e. The number of dihydropyridines is 1. The third-order valence-corrected chi connectivity index (χ3v) is 6.55.